The van der Waals surface area contributed by atoms with Crippen molar-refractivity contribution in [2.75, 3.05) is 26.8 Å². The molecule has 0 spiro atoms. The summed E-state index contributed by atoms with van der Waals surface area (Å²) in [4.78, 5) is 2.64. The molecule has 1 aromatic rings. The van der Waals surface area contributed by atoms with Crippen LogP contribution in [-0.4, -0.2) is 42.9 Å². The Morgan fingerprint density at radius 3 is 2.73 bits per heavy atom. The number of methoxy groups -OCH3 is 1. The molecule has 22 heavy (non-hydrogen) atoms. The van der Waals surface area contributed by atoms with Crippen LogP contribution in [0.5, 0.6) is 5.75 Å². The van der Waals surface area contributed by atoms with Crippen LogP contribution in [0.3, 0.4) is 0 Å². The van der Waals surface area contributed by atoms with Gasteiger partial charge in [-0.2, -0.15) is 0 Å². The number of aliphatic hydroxyl groups excluding tert-OH is 1. The van der Waals surface area contributed by atoms with Crippen molar-refractivity contribution in [1.82, 2.24) is 4.90 Å². The quantitative estimate of drug-likeness (QED) is 0.710. The van der Waals surface area contributed by atoms with Gasteiger partial charge in [0.1, 0.15) is 5.75 Å². The fourth-order valence-electron chi connectivity index (χ4n) is 3.53. The first-order chi connectivity index (χ1) is 10.8. The largest absolute Gasteiger partial charge is 0.497 e. The summed E-state index contributed by atoms with van der Waals surface area (Å²) >= 11 is 0. The third kappa shape index (κ3) is 4.72. The number of likely N-dealkylation sites (N-methyl/N-ethyl adjacent to an activating group) is 1. The van der Waals surface area contributed by atoms with E-state index in [2.05, 4.69) is 30.0 Å². The van der Waals surface area contributed by atoms with Crippen molar-refractivity contribution in [3.63, 3.8) is 0 Å². The maximum atomic E-state index is 8.84. The average Bonchev–Trinajstić information content (AvgIpc) is 2.57. The number of hydrogen-bond donors (Lipinski definition) is 1. The predicted octanol–water partition coefficient (Wildman–Crippen LogP) is 3.43. The summed E-state index contributed by atoms with van der Waals surface area (Å²) in [5, 5.41) is 8.84. The van der Waals surface area contributed by atoms with Gasteiger partial charge >= 0.3 is 0 Å². The van der Waals surface area contributed by atoms with Crippen LogP contribution in [0.2, 0.25) is 0 Å². The van der Waals surface area contributed by atoms with Crippen molar-refractivity contribution in [2.45, 2.75) is 57.9 Å². The monoisotopic (exact) mass is 305 g/mol. The Bertz CT molecular complexity index is 447. The topological polar surface area (TPSA) is 32.7 Å². The molecule has 1 N–H and O–H groups in total. The van der Waals surface area contributed by atoms with E-state index in [0.717, 1.165) is 31.6 Å². The smallest absolute Gasteiger partial charge is 0.119 e. The zero-order valence-electron chi connectivity index (χ0n) is 14.2. The van der Waals surface area contributed by atoms with Crippen LogP contribution in [0.15, 0.2) is 18.2 Å². The van der Waals surface area contributed by atoms with Gasteiger partial charge in [-0.1, -0.05) is 25.8 Å². The second kappa shape index (κ2) is 9.16. The molecule has 3 nitrogen and oxygen atoms in total. The summed E-state index contributed by atoms with van der Waals surface area (Å²) in [5.41, 5.74) is 2.96. The van der Waals surface area contributed by atoms with E-state index in [-0.39, 0.29) is 0 Å². The Balaban J connectivity index is 1.86. The summed E-state index contributed by atoms with van der Waals surface area (Å²) in [6, 6.07) is 7.22. The average molecular weight is 305 g/mol. The molecule has 0 heterocycles. The Morgan fingerprint density at radius 1 is 1.18 bits per heavy atom. The second-order valence-corrected chi connectivity index (χ2v) is 6.30. The maximum Gasteiger partial charge on any atom is 0.119 e. The number of aliphatic hydroxyl groups is 1. The van der Waals surface area contributed by atoms with Crippen molar-refractivity contribution >= 4 is 0 Å². The summed E-state index contributed by atoms with van der Waals surface area (Å²) in [5.74, 6) is 0.980. The molecule has 0 saturated carbocycles. The van der Waals surface area contributed by atoms with Gasteiger partial charge in [-0.3, -0.25) is 0 Å². The molecule has 124 valence electrons. The van der Waals surface area contributed by atoms with Gasteiger partial charge in [0.2, 0.25) is 0 Å². The molecule has 0 fully saturated rings. The highest BCUT2D eigenvalue weighted by Crippen LogP contribution is 2.28. The van der Waals surface area contributed by atoms with Crippen molar-refractivity contribution < 1.29 is 9.84 Å². The molecular weight excluding hydrogens is 274 g/mol. The van der Waals surface area contributed by atoms with Crippen LogP contribution in [0.1, 0.15) is 50.2 Å². The Morgan fingerprint density at radius 2 is 2.00 bits per heavy atom. The van der Waals surface area contributed by atoms with E-state index in [4.69, 9.17) is 9.84 Å². The number of benzene rings is 1. The van der Waals surface area contributed by atoms with E-state index in [0.29, 0.717) is 12.6 Å². The number of nitrogens with zero attached hydrogens (tertiary/aromatic N) is 1. The van der Waals surface area contributed by atoms with Crippen LogP contribution in [0.4, 0.5) is 0 Å². The highest BCUT2D eigenvalue weighted by atomic mass is 16.5. The van der Waals surface area contributed by atoms with E-state index >= 15 is 0 Å². The number of ether oxygens (including phenoxy) is 1. The van der Waals surface area contributed by atoms with Crippen LogP contribution < -0.4 is 4.74 Å². The minimum Gasteiger partial charge on any atom is -0.497 e. The second-order valence-electron chi connectivity index (χ2n) is 6.30. The SMILES string of the molecule is CCN(CCCCCCO)C1CCc2cc(OC)ccc2C1. The van der Waals surface area contributed by atoms with Crippen LogP contribution >= 0.6 is 0 Å². The van der Waals surface area contributed by atoms with Crippen LogP contribution in [0.25, 0.3) is 0 Å². The van der Waals surface area contributed by atoms with E-state index in [1.54, 1.807) is 7.11 Å². The van der Waals surface area contributed by atoms with E-state index in [9.17, 15) is 0 Å². The molecule has 0 radical (unpaired) electrons. The van der Waals surface area contributed by atoms with E-state index < -0.39 is 0 Å². The van der Waals surface area contributed by atoms with Crippen molar-refractivity contribution in [1.29, 1.82) is 0 Å². The lowest BCUT2D eigenvalue weighted by Crippen LogP contribution is -2.39. The van der Waals surface area contributed by atoms with Gasteiger partial charge in [0.05, 0.1) is 7.11 Å². The van der Waals surface area contributed by atoms with Gasteiger partial charge in [0.25, 0.3) is 0 Å². The molecule has 1 aliphatic rings. The molecule has 1 aromatic carbocycles. The normalized spacial score (nSPS) is 17.5. The van der Waals surface area contributed by atoms with Gasteiger partial charge in [-0.25, -0.2) is 0 Å². The third-order valence-electron chi connectivity index (χ3n) is 4.89. The zero-order valence-corrected chi connectivity index (χ0v) is 14.2. The van der Waals surface area contributed by atoms with Crippen molar-refractivity contribution in [3.8, 4) is 5.75 Å². The van der Waals surface area contributed by atoms with Gasteiger partial charge in [0, 0.05) is 12.6 Å². The van der Waals surface area contributed by atoms with Gasteiger partial charge in [-0.15, -0.1) is 0 Å². The molecule has 0 aromatic heterocycles. The molecule has 0 aliphatic heterocycles. The molecule has 1 atom stereocenters. The highest BCUT2D eigenvalue weighted by molar-refractivity contribution is 5.37. The van der Waals surface area contributed by atoms with E-state index in [1.165, 1.54) is 43.4 Å². The van der Waals surface area contributed by atoms with Crippen molar-refractivity contribution in [2.24, 2.45) is 0 Å². The first-order valence-electron chi connectivity index (χ1n) is 8.79. The molecule has 1 unspecified atom stereocenters. The fraction of sp³-hybridized carbons (Fsp3) is 0.684. The van der Waals surface area contributed by atoms with Crippen LogP contribution in [-0.2, 0) is 12.8 Å². The third-order valence-corrected chi connectivity index (χ3v) is 4.89. The molecule has 0 saturated heterocycles. The van der Waals surface area contributed by atoms with Crippen molar-refractivity contribution in [3.05, 3.63) is 29.3 Å². The molecule has 0 bridgehead atoms. The number of fused-ring (bicyclic) bond motifs is 1. The lowest BCUT2D eigenvalue weighted by molar-refractivity contribution is 0.184. The Kier molecular flexibility index (Phi) is 7.20. The molecule has 1 aliphatic carbocycles. The Hall–Kier alpha value is -1.06. The molecule has 2 rings (SSSR count). The zero-order chi connectivity index (χ0) is 15.8. The first-order valence-corrected chi connectivity index (χ1v) is 8.79. The minimum atomic E-state index is 0.334. The molecule has 3 heteroatoms. The number of unbranched alkanes of at least 4 members (excludes halogenated alkanes) is 3. The van der Waals surface area contributed by atoms with Gasteiger partial charge < -0.3 is 14.7 Å². The maximum absolute atomic E-state index is 8.84. The van der Waals surface area contributed by atoms with E-state index in [1.807, 2.05) is 0 Å². The minimum absolute atomic E-state index is 0.334. The fourth-order valence-corrected chi connectivity index (χ4v) is 3.53. The number of hydrogen-bond acceptors (Lipinski definition) is 3. The lowest BCUT2D eigenvalue weighted by atomic mass is 9.87. The predicted molar refractivity (Wildman–Crippen MR) is 91.6 cm³/mol. The highest BCUT2D eigenvalue weighted by Gasteiger charge is 2.23. The van der Waals surface area contributed by atoms with Crippen LogP contribution in [0, 0.1) is 0 Å². The summed E-state index contributed by atoms with van der Waals surface area (Å²) in [7, 11) is 1.74. The lowest BCUT2D eigenvalue weighted by Gasteiger charge is -2.34. The molecular formula is C19H31NO2. The summed E-state index contributed by atoms with van der Waals surface area (Å²) in [6.45, 7) is 4.94. The standard InChI is InChI=1S/C19H31NO2/c1-3-20(12-6-4-5-7-13-21)18-10-8-17-15-19(22-2)11-9-16(17)14-18/h9,11,15,18,21H,3-8,10,12-14H2,1-2H3. The Labute approximate surface area is 135 Å². The first kappa shape index (κ1) is 17.3. The summed E-state index contributed by atoms with van der Waals surface area (Å²) in [6.07, 6.45) is 8.18. The van der Waals surface area contributed by atoms with Gasteiger partial charge in [-0.05, 0) is 68.5 Å². The van der Waals surface area contributed by atoms with Gasteiger partial charge in [0.15, 0.2) is 0 Å². The molecule has 0 amide bonds. The number of rotatable bonds is 9. The summed E-state index contributed by atoms with van der Waals surface area (Å²) < 4.78 is 5.33. The number of aryl methyl sites for hydroxylation is 1.